The van der Waals surface area contributed by atoms with E-state index in [0.29, 0.717) is 17.9 Å². The van der Waals surface area contributed by atoms with E-state index in [-0.39, 0.29) is 12.1 Å². The van der Waals surface area contributed by atoms with E-state index in [2.05, 4.69) is 0 Å². The minimum absolute atomic E-state index is 0.0705. The molecule has 1 aliphatic heterocycles. The topological polar surface area (TPSA) is 48.7 Å². The zero-order chi connectivity index (χ0) is 10.7. The van der Waals surface area contributed by atoms with Gasteiger partial charge in [-0.15, -0.1) is 0 Å². The van der Waals surface area contributed by atoms with Gasteiger partial charge in [0.2, 0.25) is 0 Å². The third kappa shape index (κ3) is 2.39. The molecule has 1 saturated heterocycles. The van der Waals surface area contributed by atoms with Crippen molar-refractivity contribution in [3.8, 4) is 0 Å². The lowest BCUT2D eigenvalue weighted by molar-refractivity contribution is 0.0160. The van der Waals surface area contributed by atoms with Crippen molar-refractivity contribution < 1.29 is 18.7 Å². The molecule has 2 heterocycles. The number of hydrogen-bond acceptors (Lipinski definition) is 4. The highest BCUT2D eigenvalue weighted by atomic mass is 16.6. The first kappa shape index (κ1) is 10.2. The normalized spacial score (nSPS) is 20.5. The van der Waals surface area contributed by atoms with Crippen LogP contribution in [0.5, 0.6) is 0 Å². The third-order valence-electron chi connectivity index (χ3n) is 2.50. The van der Waals surface area contributed by atoms with Crippen LogP contribution in [0.2, 0.25) is 0 Å². The van der Waals surface area contributed by atoms with Crippen LogP contribution >= 0.6 is 0 Å². The molecular formula is C11H14O4. The van der Waals surface area contributed by atoms with E-state index in [1.54, 1.807) is 13.0 Å². The van der Waals surface area contributed by atoms with Crippen molar-refractivity contribution in [1.82, 2.24) is 0 Å². The van der Waals surface area contributed by atoms with Gasteiger partial charge in [0.05, 0.1) is 12.4 Å². The third-order valence-corrected chi connectivity index (χ3v) is 2.50. The van der Waals surface area contributed by atoms with Gasteiger partial charge in [0.1, 0.15) is 17.9 Å². The molecule has 2 rings (SSSR count). The molecule has 0 amide bonds. The lowest BCUT2D eigenvalue weighted by Gasteiger charge is -2.09. The molecule has 15 heavy (non-hydrogen) atoms. The van der Waals surface area contributed by atoms with Gasteiger partial charge < -0.3 is 13.9 Å². The fourth-order valence-electron chi connectivity index (χ4n) is 1.62. The van der Waals surface area contributed by atoms with Crippen LogP contribution in [0.1, 0.15) is 29.0 Å². The van der Waals surface area contributed by atoms with E-state index in [9.17, 15) is 4.79 Å². The number of ether oxygens (including phenoxy) is 2. The monoisotopic (exact) mass is 210 g/mol. The Morgan fingerprint density at radius 3 is 3.13 bits per heavy atom. The van der Waals surface area contributed by atoms with Crippen LogP contribution in [0.15, 0.2) is 16.7 Å². The predicted octanol–water partition coefficient (Wildman–Crippen LogP) is 1.92. The minimum Gasteiger partial charge on any atom is -0.469 e. The predicted molar refractivity (Wildman–Crippen MR) is 52.7 cm³/mol. The number of hydrogen-bond donors (Lipinski definition) is 0. The summed E-state index contributed by atoms with van der Waals surface area (Å²) in [5, 5.41) is 0. The molecule has 1 aliphatic rings. The zero-order valence-electron chi connectivity index (χ0n) is 8.69. The van der Waals surface area contributed by atoms with Gasteiger partial charge in [0, 0.05) is 6.61 Å². The Balaban J connectivity index is 1.84. The van der Waals surface area contributed by atoms with Crippen LogP contribution in [0, 0.1) is 6.92 Å². The zero-order valence-corrected chi connectivity index (χ0v) is 8.69. The van der Waals surface area contributed by atoms with Gasteiger partial charge in [-0.25, -0.2) is 4.79 Å². The summed E-state index contributed by atoms with van der Waals surface area (Å²) in [6.45, 7) is 2.85. The maximum atomic E-state index is 11.5. The Hall–Kier alpha value is -1.29. The van der Waals surface area contributed by atoms with Crippen LogP contribution in [0.4, 0.5) is 0 Å². The van der Waals surface area contributed by atoms with Crippen LogP contribution in [0.3, 0.4) is 0 Å². The highest BCUT2D eigenvalue weighted by Gasteiger charge is 2.19. The molecule has 1 aromatic rings. The van der Waals surface area contributed by atoms with Crippen LogP contribution in [-0.2, 0) is 9.47 Å². The standard InChI is InChI=1S/C11H14O4/c1-8-10(4-6-13-8)11(12)15-7-9-3-2-5-14-9/h4,6,9H,2-3,5,7H2,1H3. The van der Waals surface area contributed by atoms with Gasteiger partial charge in [-0.1, -0.05) is 0 Å². The molecule has 4 nitrogen and oxygen atoms in total. The molecular weight excluding hydrogens is 196 g/mol. The molecule has 4 heteroatoms. The maximum Gasteiger partial charge on any atom is 0.341 e. The van der Waals surface area contributed by atoms with E-state index in [1.807, 2.05) is 0 Å². The molecule has 1 fully saturated rings. The molecule has 1 unspecified atom stereocenters. The second kappa shape index (κ2) is 4.49. The molecule has 0 aromatic carbocycles. The van der Waals surface area contributed by atoms with Crippen LogP contribution in [-0.4, -0.2) is 25.3 Å². The quantitative estimate of drug-likeness (QED) is 0.715. The fraction of sp³-hybridized carbons (Fsp3) is 0.545. The lowest BCUT2D eigenvalue weighted by atomic mass is 10.2. The summed E-state index contributed by atoms with van der Waals surface area (Å²) in [6, 6.07) is 1.62. The average molecular weight is 210 g/mol. The molecule has 0 aliphatic carbocycles. The number of rotatable bonds is 3. The second-order valence-electron chi connectivity index (χ2n) is 3.62. The van der Waals surface area contributed by atoms with Crippen molar-refractivity contribution in [2.75, 3.05) is 13.2 Å². The highest BCUT2D eigenvalue weighted by Crippen LogP contribution is 2.14. The first-order valence-electron chi connectivity index (χ1n) is 5.10. The van der Waals surface area contributed by atoms with Gasteiger partial charge in [0.15, 0.2) is 0 Å². The van der Waals surface area contributed by atoms with E-state index < -0.39 is 0 Å². The largest absolute Gasteiger partial charge is 0.469 e. The summed E-state index contributed by atoms with van der Waals surface area (Å²) in [7, 11) is 0. The number of esters is 1. The first-order chi connectivity index (χ1) is 7.27. The summed E-state index contributed by atoms with van der Waals surface area (Å²) >= 11 is 0. The molecule has 0 N–H and O–H groups in total. The Kier molecular flexibility index (Phi) is 3.06. The molecule has 0 bridgehead atoms. The van der Waals surface area contributed by atoms with Crippen LogP contribution < -0.4 is 0 Å². The van der Waals surface area contributed by atoms with Crippen molar-refractivity contribution in [3.05, 3.63) is 23.7 Å². The molecule has 82 valence electrons. The number of carbonyl (C=O) groups is 1. The minimum atomic E-state index is -0.336. The molecule has 0 radical (unpaired) electrons. The van der Waals surface area contributed by atoms with Gasteiger partial charge >= 0.3 is 5.97 Å². The lowest BCUT2D eigenvalue weighted by Crippen LogP contribution is -2.17. The van der Waals surface area contributed by atoms with Gasteiger partial charge in [-0.05, 0) is 25.8 Å². The number of aryl methyl sites for hydroxylation is 1. The first-order valence-corrected chi connectivity index (χ1v) is 5.10. The molecule has 1 aromatic heterocycles. The Morgan fingerprint density at radius 1 is 1.67 bits per heavy atom. The van der Waals surface area contributed by atoms with E-state index in [1.165, 1.54) is 6.26 Å². The highest BCUT2D eigenvalue weighted by molar-refractivity contribution is 5.90. The second-order valence-corrected chi connectivity index (χ2v) is 3.62. The number of carbonyl (C=O) groups excluding carboxylic acids is 1. The molecule has 1 atom stereocenters. The Labute approximate surface area is 88.2 Å². The van der Waals surface area contributed by atoms with Crippen LogP contribution in [0.25, 0.3) is 0 Å². The van der Waals surface area contributed by atoms with Crippen molar-refractivity contribution in [1.29, 1.82) is 0 Å². The SMILES string of the molecule is Cc1occc1C(=O)OCC1CCCO1. The summed E-state index contributed by atoms with van der Waals surface area (Å²) < 4.78 is 15.5. The number of furan rings is 1. The molecule has 0 saturated carbocycles. The van der Waals surface area contributed by atoms with Gasteiger partial charge in [0.25, 0.3) is 0 Å². The van der Waals surface area contributed by atoms with Gasteiger partial charge in [-0.2, -0.15) is 0 Å². The summed E-state index contributed by atoms with van der Waals surface area (Å²) in [5.74, 6) is 0.254. The van der Waals surface area contributed by atoms with Crippen molar-refractivity contribution in [2.24, 2.45) is 0 Å². The Morgan fingerprint density at radius 2 is 2.53 bits per heavy atom. The van der Waals surface area contributed by atoms with Crippen molar-refractivity contribution >= 4 is 5.97 Å². The van der Waals surface area contributed by atoms with Gasteiger partial charge in [-0.3, -0.25) is 0 Å². The molecule has 0 spiro atoms. The average Bonchev–Trinajstić information content (AvgIpc) is 2.84. The van der Waals surface area contributed by atoms with E-state index in [4.69, 9.17) is 13.9 Å². The smallest absolute Gasteiger partial charge is 0.341 e. The maximum absolute atomic E-state index is 11.5. The van der Waals surface area contributed by atoms with E-state index in [0.717, 1.165) is 19.4 Å². The fourth-order valence-corrected chi connectivity index (χ4v) is 1.62. The van der Waals surface area contributed by atoms with E-state index >= 15 is 0 Å². The summed E-state index contributed by atoms with van der Waals surface area (Å²) in [6.07, 6.45) is 3.57. The Bertz CT molecular complexity index is 336. The summed E-state index contributed by atoms with van der Waals surface area (Å²) in [4.78, 5) is 11.5. The summed E-state index contributed by atoms with van der Waals surface area (Å²) in [5.41, 5.74) is 0.494. The van der Waals surface area contributed by atoms with Crippen molar-refractivity contribution in [3.63, 3.8) is 0 Å². The van der Waals surface area contributed by atoms with Crippen molar-refractivity contribution in [2.45, 2.75) is 25.9 Å².